The van der Waals surface area contributed by atoms with E-state index in [4.69, 9.17) is 22.7 Å². The summed E-state index contributed by atoms with van der Waals surface area (Å²) in [5, 5.41) is 0. The molecule has 5 nitrogen and oxygen atoms in total. The first-order chi connectivity index (χ1) is 29.5. The highest BCUT2D eigenvalue weighted by Gasteiger charge is 2.12. The number of furan rings is 3. The summed E-state index contributed by atoms with van der Waals surface area (Å²) in [6.07, 6.45) is 10.9. The van der Waals surface area contributed by atoms with Crippen LogP contribution in [0.1, 0.15) is 116 Å². The first-order valence-electron chi connectivity index (χ1n) is 22.1. The zero-order valence-corrected chi connectivity index (χ0v) is 39.4. The van der Waals surface area contributed by atoms with Crippen LogP contribution < -0.4 is 9.47 Å². The van der Waals surface area contributed by atoms with Gasteiger partial charge in [-0.25, -0.2) is 0 Å². The second-order valence-electron chi connectivity index (χ2n) is 14.7. The highest BCUT2D eigenvalue weighted by Crippen LogP contribution is 2.32. The SMILES string of the molecule is CCc1cc(C)co1.CCc1ccc(C)cc1.CCc1ccc(C)o1.CCc1ccc2c(c1)OCO2.CCc1cccc(C)c1.CCc1ccccc1C.CCc1ccco1. The van der Waals surface area contributed by atoms with Crippen molar-refractivity contribution >= 4 is 0 Å². The highest BCUT2D eigenvalue weighted by atomic mass is 16.7. The first-order valence-corrected chi connectivity index (χ1v) is 22.1. The standard InChI is InChI=1S/C9H10O2.3C9H12.2C7H10O.C6H8O/c1-2-7-3-4-8-9(5-7)11-6-10-8;1-3-9-6-4-8(2)5-7-9;1-3-9-6-4-5-8(2)7-9;1-3-9-7-5-4-6-8(9)2;1-3-7-4-6(2)5-8-7;1-3-7-5-4-6(2)8-7;1-2-6-4-3-5-7-6/h3-5H,2,6H2,1H3;3*4-7H,3H2,1-2H3;2*4-5H,3H2,1-2H3;3-5H,2H2,1H3. The van der Waals surface area contributed by atoms with Crippen LogP contribution in [-0.4, -0.2) is 6.79 Å². The maximum atomic E-state index is 5.23. The molecule has 0 radical (unpaired) electrons. The summed E-state index contributed by atoms with van der Waals surface area (Å²) in [7, 11) is 0. The summed E-state index contributed by atoms with van der Waals surface area (Å²) in [6.45, 7) is 25.6. The Balaban J connectivity index is 0.000000246. The number of ether oxygens (including phenoxy) is 2. The van der Waals surface area contributed by atoms with Crippen LogP contribution in [0.5, 0.6) is 11.5 Å². The Labute approximate surface area is 369 Å². The van der Waals surface area contributed by atoms with Crippen LogP contribution in [0, 0.1) is 34.6 Å². The lowest BCUT2D eigenvalue weighted by atomic mass is 10.1. The highest BCUT2D eigenvalue weighted by molar-refractivity contribution is 5.44. The van der Waals surface area contributed by atoms with E-state index in [-0.39, 0.29) is 0 Å². The van der Waals surface area contributed by atoms with Crippen LogP contribution in [0.2, 0.25) is 0 Å². The minimum absolute atomic E-state index is 0.364. The van der Waals surface area contributed by atoms with Crippen molar-refractivity contribution in [2.45, 2.75) is 128 Å². The Morgan fingerprint density at radius 3 is 1.49 bits per heavy atom. The second-order valence-corrected chi connectivity index (χ2v) is 14.7. The molecule has 0 bridgehead atoms. The summed E-state index contributed by atoms with van der Waals surface area (Å²) < 4.78 is 25.7. The molecule has 61 heavy (non-hydrogen) atoms. The summed E-state index contributed by atoms with van der Waals surface area (Å²) in [5.41, 5.74) is 10.9. The zero-order valence-electron chi connectivity index (χ0n) is 39.4. The van der Waals surface area contributed by atoms with Gasteiger partial charge in [0.1, 0.15) is 23.0 Å². The third-order valence-electron chi connectivity index (χ3n) is 9.71. The van der Waals surface area contributed by atoms with Gasteiger partial charge in [0.05, 0.1) is 12.5 Å². The lowest BCUT2D eigenvalue weighted by Crippen LogP contribution is -1.92. The number of rotatable bonds is 7. The van der Waals surface area contributed by atoms with Crippen LogP contribution in [0.3, 0.4) is 0 Å². The van der Waals surface area contributed by atoms with Crippen molar-refractivity contribution in [2.24, 2.45) is 0 Å². The topological polar surface area (TPSA) is 57.9 Å². The van der Waals surface area contributed by atoms with Gasteiger partial charge in [-0.05, 0) is 136 Å². The van der Waals surface area contributed by atoms with Crippen molar-refractivity contribution in [3.05, 3.63) is 201 Å². The van der Waals surface area contributed by atoms with E-state index in [0.29, 0.717) is 6.79 Å². The summed E-state index contributed by atoms with van der Waals surface area (Å²) in [6, 6.07) is 41.7. The van der Waals surface area contributed by atoms with Gasteiger partial charge in [-0.15, -0.1) is 0 Å². The number of aryl methyl sites for hydroxylation is 12. The molecular weight excluding hydrogens is 753 g/mol. The molecule has 0 aliphatic carbocycles. The second kappa shape index (κ2) is 30.4. The fraction of sp³-hybridized carbons (Fsp3) is 0.357. The summed E-state index contributed by atoms with van der Waals surface area (Å²) >= 11 is 0. The Morgan fingerprint density at radius 1 is 0.410 bits per heavy atom. The van der Waals surface area contributed by atoms with E-state index in [9.17, 15) is 0 Å². The predicted octanol–water partition coefficient (Wildman–Crippen LogP) is 15.8. The molecule has 0 amide bonds. The van der Waals surface area contributed by atoms with Gasteiger partial charge >= 0.3 is 0 Å². The fourth-order valence-electron chi connectivity index (χ4n) is 5.79. The number of benzene rings is 4. The minimum atomic E-state index is 0.364. The van der Waals surface area contributed by atoms with E-state index < -0.39 is 0 Å². The van der Waals surface area contributed by atoms with E-state index in [1.165, 1.54) is 44.5 Å². The molecule has 1 aliphatic rings. The van der Waals surface area contributed by atoms with Gasteiger partial charge in [-0.1, -0.05) is 138 Å². The van der Waals surface area contributed by atoms with Crippen molar-refractivity contribution in [3.8, 4) is 11.5 Å². The maximum absolute atomic E-state index is 5.23. The zero-order chi connectivity index (χ0) is 44.8. The van der Waals surface area contributed by atoms with Gasteiger partial charge in [-0.2, -0.15) is 0 Å². The number of fused-ring (bicyclic) bond motifs is 1. The van der Waals surface area contributed by atoms with E-state index in [1.807, 2.05) is 50.2 Å². The van der Waals surface area contributed by atoms with Crippen LogP contribution in [-0.2, 0) is 44.9 Å². The van der Waals surface area contributed by atoms with E-state index in [0.717, 1.165) is 79.5 Å². The van der Waals surface area contributed by atoms with Crippen LogP contribution in [0.15, 0.2) is 147 Å². The smallest absolute Gasteiger partial charge is 0.231 e. The van der Waals surface area contributed by atoms with E-state index in [1.54, 1.807) is 12.5 Å². The lowest BCUT2D eigenvalue weighted by Gasteiger charge is -1.98. The molecule has 328 valence electrons. The average molecular weight is 827 g/mol. The summed E-state index contributed by atoms with van der Waals surface area (Å²) in [4.78, 5) is 0. The van der Waals surface area contributed by atoms with Crippen molar-refractivity contribution in [3.63, 3.8) is 0 Å². The van der Waals surface area contributed by atoms with Gasteiger partial charge in [0, 0.05) is 19.3 Å². The van der Waals surface area contributed by atoms with Crippen molar-refractivity contribution in [1.29, 1.82) is 0 Å². The van der Waals surface area contributed by atoms with Gasteiger partial charge < -0.3 is 22.7 Å². The molecule has 0 saturated heterocycles. The van der Waals surface area contributed by atoms with Crippen LogP contribution >= 0.6 is 0 Å². The third kappa shape index (κ3) is 21.4. The quantitative estimate of drug-likeness (QED) is 0.160. The molecule has 0 unspecified atom stereocenters. The lowest BCUT2D eigenvalue weighted by molar-refractivity contribution is 0.174. The molecular formula is C56H74O5. The normalized spacial score (nSPS) is 10.3. The monoisotopic (exact) mass is 827 g/mol. The largest absolute Gasteiger partial charge is 0.469 e. The Kier molecular flexibility index (Phi) is 25.6. The molecule has 4 aromatic carbocycles. The molecule has 0 spiro atoms. The Morgan fingerprint density at radius 2 is 1.05 bits per heavy atom. The number of hydrogen-bond donors (Lipinski definition) is 0. The van der Waals surface area contributed by atoms with E-state index >= 15 is 0 Å². The molecule has 1 aliphatic heterocycles. The van der Waals surface area contributed by atoms with Crippen LogP contribution in [0.4, 0.5) is 0 Å². The molecule has 0 atom stereocenters. The molecule has 4 heterocycles. The maximum Gasteiger partial charge on any atom is 0.231 e. The Bertz CT molecular complexity index is 2090. The molecule has 8 rings (SSSR count). The van der Waals surface area contributed by atoms with E-state index in [2.05, 4.69) is 154 Å². The molecule has 3 aromatic heterocycles. The van der Waals surface area contributed by atoms with Crippen molar-refractivity contribution in [2.75, 3.05) is 6.79 Å². The van der Waals surface area contributed by atoms with Gasteiger partial charge in [0.15, 0.2) is 11.5 Å². The van der Waals surface area contributed by atoms with Gasteiger partial charge in [0.2, 0.25) is 6.79 Å². The third-order valence-corrected chi connectivity index (χ3v) is 9.71. The fourth-order valence-corrected chi connectivity index (χ4v) is 5.79. The van der Waals surface area contributed by atoms with Crippen molar-refractivity contribution < 1.29 is 22.7 Å². The molecule has 7 aromatic rings. The summed E-state index contributed by atoms with van der Waals surface area (Å²) in [5.74, 6) is 5.94. The molecule has 0 saturated carbocycles. The number of hydrogen-bond acceptors (Lipinski definition) is 5. The van der Waals surface area contributed by atoms with Gasteiger partial charge in [-0.3, -0.25) is 0 Å². The molecule has 0 fully saturated rings. The minimum Gasteiger partial charge on any atom is -0.469 e. The Hall–Kier alpha value is -5.68. The van der Waals surface area contributed by atoms with Crippen LogP contribution in [0.25, 0.3) is 0 Å². The van der Waals surface area contributed by atoms with Crippen molar-refractivity contribution in [1.82, 2.24) is 0 Å². The predicted molar refractivity (Wildman–Crippen MR) is 257 cm³/mol. The average Bonchev–Trinajstić information content (AvgIpc) is 4.14. The van der Waals surface area contributed by atoms with Gasteiger partial charge in [0.25, 0.3) is 0 Å². The molecule has 5 heteroatoms. The molecule has 0 N–H and O–H groups in total. The first kappa shape index (κ1) is 51.5.